The number of aryl methyl sites for hydroxylation is 2. The van der Waals surface area contributed by atoms with Gasteiger partial charge in [0, 0.05) is 31.9 Å². The van der Waals surface area contributed by atoms with Gasteiger partial charge in [-0.15, -0.1) is 0 Å². The third kappa shape index (κ3) is 8.79. The van der Waals surface area contributed by atoms with E-state index in [4.69, 9.17) is 0 Å². The maximum Gasteiger partial charge on any atom is 0.251 e. The Bertz CT molecular complexity index is 1220. The van der Waals surface area contributed by atoms with Crippen LogP contribution in [-0.2, 0) is 24.3 Å². The fourth-order valence-corrected chi connectivity index (χ4v) is 4.66. The average Bonchev–Trinajstić information content (AvgIpc) is 3.37. The molecular formula is C32H45N5O2. The van der Waals surface area contributed by atoms with Crippen LogP contribution in [0.25, 0.3) is 11.1 Å². The summed E-state index contributed by atoms with van der Waals surface area (Å²) in [5, 5.41) is 10.1. The molecular weight excluding hydrogens is 486 g/mol. The highest BCUT2D eigenvalue weighted by atomic mass is 16.2. The summed E-state index contributed by atoms with van der Waals surface area (Å²) in [6.07, 6.45) is 8.11. The number of nitrogens with zero attached hydrogens (tertiary/aromatic N) is 3. The standard InChI is InChI=1S/C32H45N5O2/c1-7-9-10-25-11-13-27(14-12-25)28-17-26(22-36(6)15-16-37-21-23(3)20-34-37)18-29(19-28)31(38)35-30(24(4)8-2)32(39)33-5/h11-14,17-21,24,30H,7-10,15-16,22H2,1-6H3,(H,33,39)(H,35,38)/t24-,30-/m0/s1. The number of hydrogen-bond donors (Lipinski definition) is 2. The first-order chi connectivity index (χ1) is 18.7. The van der Waals surface area contributed by atoms with Crippen LogP contribution in [-0.4, -0.2) is 53.2 Å². The van der Waals surface area contributed by atoms with E-state index in [1.165, 1.54) is 18.4 Å². The van der Waals surface area contributed by atoms with Gasteiger partial charge in [-0.2, -0.15) is 5.10 Å². The number of carbonyl (C=O) groups excluding carboxylic acids is 2. The van der Waals surface area contributed by atoms with Gasteiger partial charge in [0.15, 0.2) is 0 Å². The van der Waals surface area contributed by atoms with Crippen LogP contribution in [0, 0.1) is 12.8 Å². The number of carbonyl (C=O) groups is 2. The van der Waals surface area contributed by atoms with Crippen molar-refractivity contribution in [2.24, 2.45) is 5.92 Å². The van der Waals surface area contributed by atoms with Crippen LogP contribution in [0.5, 0.6) is 0 Å². The molecule has 7 nitrogen and oxygen atoms in total. The van der Waals surface area contributed by atoms with Crippen molar-refractivity contribution in [1.29, 1.82) is 0 Å². The lowest BCUT2D eigenvalue weighted by Crippen LogP contribution is -2.49. The number of rotatable bonds is 14. The van der Waals surface area contributed by atoms with Gasteiger partial charge in [-0.3, -0.25) is 14.3 Å². The van der Waals surface area contributed by atoms with Gasteiger partial charge in [-0.25, -0.2) is 0 Å². The molecule has 0 aliphatic rings. The number of amides is 2. The number of nitrogens with one attached hydrogen (secondary N) is 2. The Morgan fingerprint density at radius 3 is 2.41 bits per heavy atom. The fraction of sp³-hybridized carbons (Fsp3) is 0.469. The number of likely N-dealkylation sites (N-methyl/N-ethyl adjacent to an activating group) is 2. The number of aromatic nitrogens is 2. The molecule has 2 amide bonds. The van der Waals surface area contributed by atoms with E-state index in [0.29, 0.717) is 12.1 Å². The van der Waals surface area contributed by atoms with Crippen molar-refractivity contribution in [3.05, 3.63) is 77.1 Å². The maximum atomic E-state index is 13.5. The molecule has 3 rings (SSSR count). The molecule has 7 heteroatoms. The Labute approximate surface area is 234 Å². The lowest BCUT2D eigenvalue weighted by atomic mass is 9.96. The second-order valence-corrected chi connectivity index (χ2v) is 10.7. The van der Waals surface area contributed by atoms with E-state index >= 15 is 0 Å². The molecule has 1 heterocycles. The average molecular weight is 532 g/mol. The molecule has 3 aromatic rings. The highest BCUT2D eigenvalue weighted by molar-refractivity contribution is 5.98. The van der Waals surface area contributed by atoms with E-state index < -0.39 is 6.04 Å². The molecule has 0 aliphatic carbocycles. The quantitative estimate of drug-likeness (QED) is 0.299. The molecule has 0 radical (unpaired) electrons. The van der Waals surface area contributed by atoms with Crippen LogP contribution in [0.15, 0.2) is 54.9 Å². The Morgan fingerprint density at radius 2 is 1.79 bits per heavy atom. The molecule has 0 fully saturated rings. The van der Waals surface area contributed by atoms with Crippen molar-refractivity contribution in [3.8, 4) is 11.1 Å². The number of benzene rings is 2. The third-order valence-electron chi connectivity index (χ3n) is 7.32. The van der Waals surface area contributed by atoms with Crippen LogP contribution < -0.4 is 10.6 Å². The summed E-state index contributed by atoms with van der Waals surface area (Å²) < 4.78 is 1.95. The van der Waals surface area contributed by atoms with Crippen LogP contribution in [0.4, 0.5) is 0 Å². The van der Waals surface area contributed by atoms with Crippen LogP contribution in [0.2, 0.25) is 0 Å². The molecule has 210 valence electrons. The van der Waals surface area contributed by atoms with Crippen molar-refractivity contribution in [1.82, 2.24) is 25.3 Å². The van der Waals surface area contributed by atoms with Gasteiger partial charge < -0.3 is 15.5 Å². The SMILES string of the molecule is CCCCc1ccc(-c2cc(CN(C)CCn3cc(C)cn3)cc(C(=O)N[C@H](C(=O)NC)[C@@H](C)CC)c2)cc1. The fourth-order valence-electron chi connectivity index (χ4n) is 4.66. The number of hydrogen-bond acceptors (Lipinski definition) is 4. The predicted octanol–water partition coefficient (Wildman–Crippen LogP) is 5.22. The van der Waals surface area contributed by atoms with Crippen molar-refractivity contribution in [2.75, 3.05) is 20.6 Å². The lowest BCUT2D eigenvalue weighted by Gasteiger charge is -2.23. The summed E-state index contributed by atoms with van der Waals surface area (Å²) >= 11 is 0. The smallest absolute Gasteiger partial charge is 0.251 e. The Kier molecular flexibility index (Phi) is 11.3. The van der Waals surface area contributed by atoms with E-state index in [1.807, 2.05) is 50.0 Å². The molecule has 2 aromatic carbocycles. The van der Waals surface area contributed by atoms with Gasteiger partial charge in [0.25, 0.3) is 5.91 Å². The van der Waals surface area contributed by atoms with Gasteiger partial charge in [-0.05, 0) is 78.7 Å². The molecule has 39 heavy (non-hydrogen) atoms. The van der Waals surface area contributed by atoms with E-state index in [-0.39, 0.29) is 17.7 Å². The summed E-state index contributed by atoms with van der Waals surface area (Å²) in [5.74, 6) is -0.393. The molecule has 2 atom stereocenters. The zero-order chi connectivity index (χ0) is 28.4. The molecule has 1 aromatic heterocycles. The highest BCUT2D eigenvalue weighted by Crippen LogP contribution is 2.25. The van der Waals surface area contributed by atoms with Gasteiger partial charge >= 0.3 is 0 Å². The third-order valence-corrected chi connectivity index (χ3v) is 7.32. The minimum atomic E-state index is -0.586. The summed E-state index contributed by atoms with van der Waals surface area (Å²) in [6, 6.07) is 14.1. The summed E-state index contributed by atoms with van der Waals surface area (Å²) in [7, 11) is 3.68. The minimum absolute atomic E-state index is 0.0179. The summed E-state index contributed by atoms with van der Waals surface area (Å²) in [4.78, 5) is 28.3. The maximum absolute atomic E-state index is 13.5. The molecule has 0 spiro atoms. The summed E-state index contributed by atoms with van der Waals surface area (Å²) in [5.41, 5.74) is 6.15. The molecule has 0 saturated carbocycles. The highest BCUT2D eigenvalue weighted by Gasteiger charge is 2.25. The first-order valence-corrected chi connectivity index (χ1v) is 14.2. The van der Waals surface area contributed by atoms with Gasteiger partial charge in [-0.1, -0.05) is 57.9 Å². The normalized spacial score (nSPS) is 12.8. The zero-order valence-electron chi connectivity index (χ0n) is 24.5. The first-order valence-electron chi connectivity index (χ1n) is 14.2. The lowest BCUT2D eigenvalue weighted by molar-refractivity contribution is -0.123. The Hall–Kier alpha value is -3.45. The minimum Gasteiger partial charge on any atom is -0.357 e. The van der Waals surface area contributed by atoms with Crippen LogP contribution in [0.1, 0.15) is 67.1 Å². The van der Waals surface area contributed by atoms with Gasteiger partial charge in [0.2, 0.25) is 5.91 Å². The van der Waals surface area contributed by atoms with Crippen molar-refractivity contribution in [2.45, 2.75) is 72.5 Å². The zero-order valence-corrected chi connectivity index (χ0v) is 24.5. The molecule has 0 bridgehead atoms. The largest absolute Gasteiger partial charge is 0.357 e. The second-order valence-electron chi connectivity index (χ2n) is 10.7. The van der Waals surface area contributed by atoms with E-state index in [0.717, 1.165) is 48.2 Å². The van der Waals surface area contributed by atoms with Gasteiger partial charge in [0.05, 0.1) is 12.7 Å². The monoisotopic (exact) mass is 531 g/mol. The van der Waals surface area contributed by atoms with E-state index in [1.54, 1.807) is 7.05 Å². The van der Waals surface area contributed by atoms with Gasteiger partial charge in [0.1, 0.15) is 6.04 Å². The van der Waals surface area contributed by atoms with Crippen molar-refractivity contribution >= 4 is 11.8 Å². The van der Waals surface area contributed by atoms with Crippen molar-refractivity contribution in [3.63, 3.8) is 0 Å². The van der Waals surface area contributed by atoms with Crippen molar-refractivity contribution < 1.29 is 9.59 Å². The number of unbranched alkanes of at least 4 members (excludes halogenated alkanes) is 1. The summed E-state index contributed by atoms with van der Waals surface area (Å²) in [6.45, 7) is 10.6. The van der Waals surface area contributed by atoms with E-state index in [2.05, 4.69) is 64.9 Å². The Balaban J connectivity index is 1.87. The molecule has 0 aliphatic heterocycles. The molecule has 2 N–H and O–H groups in total. The predicted molar refractivity (Wildman–Crippen MR) is 159 cm³/mol. The Morgan fingerprint density at radius 1 is 1.05 bits per heavy atom. The topological polar surface area (TPSA) is 79.3 Å². The molecule has 0 saturated heterocycles. The van der Waals surface area contributed by atoms with Crippen LogP contribution >= 0.6 is 0 Å². The van der Waals surface area contributed by atoms with E-state index in [9.17, 15) is 9.59 Å². The first kappa shape index (κ1) is 30.1. The van der Waals surface area contributed by atoms with Crippen LogP contribution in [0.3, 0.4) is 0 Å². The second kappa shape index (κ2) is 14.6. The molecule has 0 unspecified atom stereocenters.